The fourth-order valence-electron chi connectivity index (χ4n) is 2.79. The summed E-state index contributed by atoms with van der Waals surface area (Å²) in [5.74, 6) is 1.18. The van der Waals surface area contributed by atoms with Crippen LogP contribution in [0.2, 0.25) is 0 Å². The number of ether oxygens (including phenoxy) is 1. The summed E-state index contributed by atoms with van der Waals surface area (Å²) in [7, 11) is 0. The second-order valence-electron chi connectivity index (χ2n) is 9.28. The van der Waals surface area contributed by atoms with Gasteiger partial charge in [0.05, 0.1) is 5.41 Å². The zero-order valence-electron chi connectivity index (χ0n) is 17.8. The molecule has 2 aromatic heterocycles. The van der Waals surface area contributed by atoms with Gasteiger partial charge in [-0.15, -0.1) is 0 Å². The lowest BCUT2D eigenvalue weighted by atomic mass is 9.97. The molecule has 3 aromatic rings. The minimum Gasteiger partial charge on any atom is -0.426 e. The minimum atomic E-state index is -0.560. The molecule has 0 aliphatic carbocycles. The third-order valence-corrected chi connectivity index (χ3v) is 4.21. The summed E-state index contributed by atoms with van der Waals surface area (Å²) in [6.07, 6.45) is 2.03. The number of pyridine rings is 1. The van der Waals surface area contributed by atoms with Gasteiger partial charge in [0, 0.05) is 17.3 Å². The van der Waals surface area contributed by atoms with E-state index in [4.69, 9.17) is 9.72 Å². The van der Waals surface area contributed by atoms with Gasteiger partial charge in [0.25, 0.3) is 0 Å². The van der Waals surface area contributed by atoms with E-state index in [0.29, 0.717) is 5.75 Å². The number of aryl methyl sites for hydroxylation is 1. The van der Waals surface area contributed by atoms with Crippen LogP contribution in [0, 0.1) is 12.3 Å². The van der Waals surface area contributed by atoms with Gasteiger partial charge in [0.2, 0.25) is 0 Å². The zero-order chi connectivity index (χ0) is 20.7. The Kier molecular flexibility index (Phi) is 4.96. The van der Waals surface area contributed by atoms with E-state index in [1.165, 1.54) is 0 Å². The van der Waals surface area contributed by atoms with E-state index in [1.54, 1.807) is 6.07 Å². The summed E-state index contributed by atoms with van der Waals surface area (Å²) in [6.45, 7) is 13.9. The maximum absolute atomic E-state index is 12.3. The highest BCUT2D eigenvalue weighted by atomic mass is 16.5. The summed E-state index contributed by atoms with van der Waals surface area (Å²) in [6, 6.07) is 11.7. The van der Waals surface area contributed by atoms with Gasteiger partial charge < -0.3 is 10.1 Å². The van der Waals surface area contributed by atoms with Crippen molar-refractivity contribution in [1.82, 2.24) is 9.38 Å². The monoisotopic (exact) mass is 379 g/mol. The smallest absolute Gasteiger partial charge is 0.316 e. The number of nitrogens with zero attached hydrogens (tertiary/aromatic N) is 2. The summed E-state index contributed by atoms with van der Waals surface area (Å²) >= 11 is 0. The molecule has 1 aromatic carbocycles. The third kappa shape index (κ3) is 4.35. The standard InChI is InChI=1S/C23H29N3O2/c1-15-11-12-26-18(13-15)24-19(20(26)25-23(5,6)7)16-9-8-10-17(14-16)28-21(27)22(2,3)4/h8-14,25H,1-7H3. The van der Waals surface area contributed by atoms with Crippen molar-refractivity contribution in [2.75, 3.05) is 5.32 Å². The van der Waals surface area contributed by atoms with Crippen LogP contribution in [0.4, 0.5) is 5.82 Å². The van der Waals surface area contributed by atoms with Crippen molar-refractivity contribution in [3.8, 4) is 17.0 Å². The second-order valence-corrected chi connectivity index (χ2v) is 9.28. The zero-order valence-corrected chi connectivity index (χ0v) is 17.8. The fourth-order valence-corrected chi connectivity index (χ4v) is 2.79. The molecule has 5 heteroatoms. The van der Waals surface area contributed by atoms with Gasteiger partial charge in [-0.05, 0) is 78.3 Å². The molecule has 0 bridgehead atoms. The maximum atomic E-state index is 12.3. The number of carbonyl (C=O) groups is 1. The Morgan fingerprint density at radius 3 is 2.43 bits per heavy atom. The molecule has 0 aliphatic rings. The lowest BCUT2D eigenvalue weighted by molar-refractivity contribution is -0.142. The number of fused-ring (bicyclic) bond motifs is 1. The van der Waals surface area contributed by atoms with Gasteiger partial charge in [-0.25, -0.2) is 4.98 Å². The highest BCUT2D eigenvalue weighted by Gasteiger charge is 2.24. The molecule has 0 spiro atoms. The molecule has 0 saturated heterocycles. The summed E-state index contributed by atoms with van der Waals surface area (Å²) < 4.78 is 7.64. The van der Waals surface area contributed by atoms with Crippen molar-refractivity contribution in [3.05, 3.63) is 48.2 Å². The number of esters is 1. The van der Waals surface area contributed by atoms with Gasteiger partial charge in [-0.1, -0.05) is 12.1 Å². The van der Waals surface area contributed by atoms with E-state index in [1.807, 2.05) is 45.2 Å². The number of aromatic nitrogens is 2. The number of hydrogen-bond donors (Lipinski definition) is 1. The minimum absolute atomic E-state index is 0.133. The van der Waals surface area contributed by atoms with Gasteiger partial charge in [0.15, 0.2) is 0 Å². The van der Waals surface area contributed by atoms with E-state index >= 15 is 0 Å². The van der Waals surface area contributed by atoms with Crippen molar-refractivity contribution in [3.63, 3.8) is 0 Å². The maximum Gasteiger partial charge on any atom is 0.316 e. The number of rotatable bonds is 3. The van der Waals surface area contributed by atoms with Crippen molar-refractivity contribution >= 4 is 17.4 Å². The van der Waals surface area contributed by atoms with Crippen molar-refractivity contribution < 1.29 is 9.53 Å². The van der Waals surface area contributed by atoms with Crippen molar-refractivity contribution in [2.24, 2.45) is 5.41 Å². The molecule has 28 heavy (non-hydrogen) atoms. The topological polar surface area (TPSA) is 55.6 Å². The number of anilines is 1. The van der Waals surface area contributed by atoms with E-state index in [2.05, 4.69) is 49.5 Å². The number of hydrogen-bond acceptors (Lipinski definition) is 4. The number of nitrogens with one attached hydrogen (secondary N) is 1. The highest BCUT2D eigenvalue weighted by Crippen LogP contribution is 2.33. The van der Waals surface area contributed by atoms with Crippen LogP contribution in [0.1, 0.15) is 47.1 Å². The van der Waals surface area contributed by atoms with Crippen LogP contribution in [0.15, 0.2) is 42.6 Å². The van der Waals surface area contributed by atoms with Crippen LogP contribution in [0.5, 0.6) is 5.75 Å². The van der Waals surface area contributed by atoms with Crippen LogP contribution in [-0.4, -0.2) is 20.9 Å². The molecule has 2 heterocycles. The van der Waals surface area contributed by atoms with E-state index in [-0.39, 0.29) is 11.5 Å². The Hall–Kier alpha value is -2.82. The lowest BCUT2D eigenvalue weighted by Gasteiger charge is -2.22. The molecule has 0 radical (unpaired) electrons. The normalized spacial score (nSPS) is 12.2. The molecule has 0 saturated carbocycles. The summed E-state index contributed by atoms with van der Waals surface area (Å²) in [5, 5.41) is 3.57. The van der Waals surface area contributed by atoms with Crippen LogP contribution in [-0.2, 0) is 4.79 Å². The molecule has 0 fully saturated rings. The van der Waals surface area contributed by atoms with E-state index < -0.39 is 5.41 Å². The Bertz CT molecular complexity index is 1020. The molecule has 0 amide bonds. The molecule has 5 nitrogen and oxygen atoms in total. The first-order valence-electron chi connectivity index (χ1n) is 9.54. The average molecular weight is 380 g/mol. The van der Waals surface area contributed by atoms with E-state index in [0.717, 1.165) is 28.3 Å². The Morgan fingerprint density at radius 2 is 1.79 bits per heavy atom. The Balaban J connectivity index is 2.09. The number of imidazole rings is 1. The summed E-state index contributed by atoms with van der Waals surface area (Å²) in [5.41, 5.74) is 3.06. The van der Waals surface area contributed by atoms with Gasteiger partial charge in [-0.2, -0.15) is 0 Å². The predicted molar refractivity (Wildman–Crippen MR) is 114 cm³/mol. The van der Waals surface area contributed by atoms with Crippen molar-refractivity contribution in [1.29, 1.82) is 0 Å². The Morgan fingerprint density at radius 1 is 1.07 bits per heavy atom. The third-order valence-electron chi connectivity index (χ3n) is 4.21. The van der Waals surface area contributed by atoms with Crippen LogP contribution in [0.25, 0.3) is 16.9 Å². The molecular formula is C23H29N3O2. The largest absolute Gasteiger partial charge is 0.426 e. The molecule has 0 unspecified atom stereocenters. The first-order valence-corrected chi connectivity index (χ1v) is 9.54. The molecule has 3 rings (SSSR count). The molecule has 1 N–H and O–H groups in total. The quantitative estimate of drug-likeness (QED) is 0.484. The first-order chi connectivity index (χ1) is 12.9. The van der Waals surface area contributed by atoms with E-state index in [9.17, 15) is 4.79 Å². The fraction of sp³-hybridized carbons (Fsp3) is 0.391. The Labute approximate surface area is 166 Å². The van der Waals surface area contributed by atoms with Crippen LogP contribution >= 0.6 is 0 Å². The second kappa shape index (κ2) is 6.97. The van der Waals surface area contributed by atoms with Crippen molar-refractivity contribution in [2.45, 2.75) is 54.0 Å². The number of carbonyl (C=O) groups excluding carboxylic acids is 1. The highest BCUT2D eigenvalue weighted by molar-refractivity contribution is 5.80. The predicted octanol–water partition coefficient (Wildman–Crippen LogP) is 5.47. The van der Waals surface area contributed by atoms with Gasteiger partial charge in [0.1, 0.15) is 22.9 Å². The average Bonchev–Trinajstić information content (AvgIpc) is 2.90. The number of benzene rings is 1. The first kappa shape index (κ1) is 19.9. The van der Waals surface area contributed by atoms with Crippen LogP contribution in [0.3, 0.4) is 0 Å². The molecule has 0 atom stereocenters. The lowest BCUT2D eigenvalue weighted by Crippen LogP contribution is -2.27. The van der Waals surface area contributed by atoms with Crippen LogP contribution < -0.4 is 10.1 Å². The SMILES string of the molecule is Cc1ccn2c(NC(C)(C)C)c(-c3cccc(OC(=O)C(C)(C)C)c3)nc2c1. The molecule has 0 aliphatic heterocycles. The molecular weight excluding hydrogens is 350 g/mol. The molecule has 148 valence electrons. The van der Waals surface area contributed by atoms with Gasteiger partial charge >= 0.3 is 5.97 Å². The summed E-state index contributed by atoms with van der Waals surface area (Å²) in [4.78, 5) is 17.1. The van der Waals surface area contributed by atoms with Gasteiger partial charge in [-0.3, -0.25) is 9.20 Å².